The molecule has 0 amide bonds. The van der Waals surface area contributed by atoms with Gasteiger partial charge in [0.05, 0.1) is 18.2 Å². The van der Waals surface area contributed by atoms with Crippen molar-refractivity contribution in [2.75, 3.05) is 6.54 Å². The molecule has 1 N–H and O–H groups in total. The molecule has 1 heterocycles. The fraction of sp³-hybridized carbons (Fsp3) is 0.357. The van der Waals surface area contributed by atoms with E-state index < -0.39 is 0 Å². The van der Waals surface area contributed by atoms with Crippen LogP contribution in [0, 0.1) is 0 Å². The Bertz CT molecular complexity index is 539. The Kier molecular flexibility index (Phi) is 4.99. The Balaban J connectivity index is 2.08. The normalized spacial score (nSPS) is 10.7. The van der Waals surface area contributed by atoms with Crippen molar-refractivity contribution in [1.82, 2.24) is 14.9 Å². The lowest BCUT2D eigenvalue weighted by Crippen LogP contribution is -2.13. The molecule has 2 rings (SSSR count). The average Bonchev–Trinajstić information content (AvgIpc) is 2.81. The highest BCUT2D eigenvalue weighted by Crippen LogP contribution is 2.24. The Morgan fingerprint density at radius 2 is 2.26 bits per heavy atom. The third-order valence-electron chi connectivity index (χ3n) is 2.88. The predicted octanol–water partition coefficient (Wildman–Crippen LogP) is 2.87. The molecular weight excluding hydrogens is 306 g/mol. The van der Waals surface area contributed by atoms with Gasteiger partial charge >= 0.3 is 0 Å². The monoisotopic (exact) mass is 323 g/mol. The molecule has 0 saturated heterocycles. The molecule has 0 aliphatic heterocycles. The van der Waals surface area contributed by atoms with Crippen LogP contribution in [0.15, 0.2) is 35.2 Å². The molecule has 0 radical (unpaired) electrons. The highest BCUT2D eigenvalue weighted by atomic mass is 79.9. The molecule has 0 spiro atoms. The van der Waals surface area contributed by atoms with Gasteiger partial charge < -0.3 is 14.6 Å². The van der Waals surface area contributed by atoms with Crippen LogP contribution in [0.1, 0.15) is 18.2 Å². The van der Waals surface area contributed by atoms with Crippen LogP contribution in [0.3, 0.4) is 0 Å². The van der Waals surface area contributed by atoms with Gasteiger partial charge in [0.25, 0.3) is 0 Å². The van der Waals surface area contributed by atoms with Crippen LogP contribution >= 0.6 is 15.9 Å². The van der Waals surface area contributed by atoms with Gasteiger partial charge in [-0.3, -0.25) is 0 Å². The number of aromatic nitrogens is 2. The van der Waals surface area contributed by atoms with Crippen LogP contribution in [0.25, 0.3) is 0 Å². The number of benzene rings is 1. The summed E-state index contributed by atoms with van der Waals surface area (Å²) in [6, 6.07) is 6.07. The molecule has 0 aliphatic rings. The number of halogens is 1. The number of imidazole rings is 1. The van der Waals surface area contributed by atoms with E-state index >= 15 is 0 Å². The summed E-state index contributed by atoms with van der Waals surface area (Å²) >= 11 is 3.49. The van der Waals surface area contributed by atoms with E-state index in [1.54, 1.807) is 6.33 Å². The molecule has 1 aromatic heterocycles. The minimum atomic E-state index is 0.525. The topological polar surface area (TPSA) is 39.1 Å². The molecule has 19 heavy (non-hydrogen) atoms. The molecule has 4 nitrogen and oxygen atoms in total. The van der Waals surface area contributed by atoms with Crippen LogP contribution < -0.4 is 10.1 Å². The first-order valence-corrected chi connectivity index (χ1v) is 7.07. The van der Waals surface area contributed by atoms with E-state index in [9.17, 15) is 0 Å². The van der Waals surface area contributed by atoms with E-state index in [1.807, 2.05) is 29.9 Å². The minimum Gasteiger partial charge on any atom is -0.487 e. The third kappa shape index (κ3) is 3.81. The van der Waals surface area contributed by atoms with Crippen LogP contribution in [-0.2, 0) is 20.2 Å². The number of nitrogens with zero attached hydrogens (tertiary/aromatic N) is 2. The standard InChI is InChI=1S/C14H18BrN3O/c1-3-16-7-11-6-12(15)4-5-14(11)19-9-13-8-17-10-18(13)2/h4-6,8,10,16H,3,7,9H2,1-2H3. The zero-order valence-electron chi connectivity index (χ0n) is 11.2. The highest BCUT2D eigenvalue weighted by Gasteiger charge is 2.06. The van der Waals surface area contributed by atoms with Crippen LogP contribution in [0.2, 0.25) is 0 Å². The summed E-state index contributed by atoms with van der Waals surface area (Å²) in [5.74, 6) is 0.908. The molecule has 102 valence electrons. The number of hydrogen-bond acceptors (Lipinski definition) is 3. The molecule has 0 saturated carbocycles. The van der Waals surface area contributed by atoms with Gasteiger partial charge in [-0.2, -0.15) is 0 Å². The molecule has 0 aliphatic carbocycles. The summed E-state index contributed by atoms with van der Waals surface area (Å²) in [5, 5.41) is 3.32. The van der Waals surface area contributed by atoms with Gasteiger partial charge in [-0.1, -0.05) is 22.9 Å². The number of nitrogens with one attached hydrogen (secondary N) is 1. The van der Waals surface area contributed by atoms with Gasteiger partial charge in [-0.05, 0) is 24.7 Å². The SMILES string of the molecule is CCNCc1cc(Br)ccc1OCc1cncn1C. The van der Waals surface area contributed by atoms with Gasteiger partial charge in [0, 0.05) is 23.6 Å². The summed E-state index contributed by atoms with van der Waals surface area (Å²) in [7, 11) is 1.97. The van der Waals surface area contributed by atoms with E-state index in [4.69, 9.17) is 4.74 Å². The largest absolute Gasteiger partial charge is 0.487 e. The minimum absolute atomic E-state index is 0.525. The first-order chi connectivity index (χ1) is 9.20. The Morgan fingerprint density at radius 3 is 2.95 bits per heavy atom. The molecule has 2 aromatic rings. The van der Waals surface area contributed by atoms with Crippen molar-refractivity contribution in [1.29, 1.82) is 0 Å². The van der Waals surface area contributed by atoms with Gasteiger partial charge in [0.15, 0.2) is 0 Å². The zero-order valence-corrected chi connectivity index (χ0v) is 12.8. The van der Waals surface area contributed by atoms with Crippen molar-refractivity contribution in [2.24, 2.45) is 7.05 Å². The van der Waals surface area contributed by atoms with Crippen molar-refractivity contribution in [3.63, 3.8) is 0 Å². The molecule has 0 bridgehead atoms. The lowest BCUT2D eigenvalue weighted by Gasteiger charge is -2.12. The van der Waals surface area contributed by atoms with Gasteiger partial charge in [-0.15, -0.1) is 0 Å². The summed E-state index contributed by atoms with van der Waals surface area (Å²) in [6.45, 7) is 4.36. The number of rotatable bonds is 6. The van der Waals surface area contributed by atoms with E-state index in [-0.39, 0.29) is 0 Å². The molecule has 0 atom stereocenters. The predicted molar refractivity (Wildman–Crippen MR) is 79.1 cm³/mol. The maximum absolute atomic E-state index is 5.89. The zero-order chi connectivity index (χ0) is 13.7. The van der Waals surface area contributed by atoms with Crippen molar-refractivity contribution in [3.05, 3.63) is 46.5 Å². The Morgan fingerprint density at radius 1 is 1.42 bits per heavy atom. The molecule has 1 aromatic carbocycles. The third-order valence-corrected chi connectivity index (χ3v) is 3.37. The van der Waals surface area contributed by atoms with E-state index in [2.05, 4.69) is 39.2 Å². The van der Waals surface area contributed by atoms with E-state index in [0.29, 0.717) is 6.61 Å². The van der Waals surface area contributed by atoms with Crippen molar-refractivity contribution >= 4 is 15.9 Å². The summed E-state index contributed by atoms with van der Waals surface area (Å²) < 4.78 is 8.92. The summed E-state index contributed by atoms with van der Waals surface area (Å²) in [4.78, 5) is 4.08. The molecule has 0 fully saturated rings. The van der Waals surface area contributed by atoms with Gasteiger partial charge in [0.1, 0.15) is 12.4 Å². The van der Waals surface area contributed by atoms with E-state index in [0.717, 1.165) is 34.6 Å². The second kappa shape index (κ2) is 6.73. The average molecular weight is 324 g/mol. The second-order valence-electron chi connectivity index (χ2n) is 4.32. The fourth-order valence-corrected chi connectivity index (χ4v) is 2.17. The lowest BCUT2D eigenvalue weighted by molar-refractivity contribution is 0.293. The molecular formula is C14H18BrN3O. The van der Waals surface area contributed by atoms with E-state index in [1.165, 1.54) is 0 Å². The smallest absolute Gasteiger partial charge is 0.130 e. The second-order valence-corrected chi connectivity index (χ2v) is 5.23. The van der Waals surface area contributed by atoms with Gasteiger partial charge in [0.2, 0.25) is 0 Å². The number of ether oxygens (including phenoxy) is 1. The van der Waals surface area contributed by atoms with Crippen LogP contribution in [0.5, 0.6) is 5.75 Å². The lowest BCUT2D eigenvalue weighted by atomic mass is 10.2. The Hall–Kier alpha value is -1.33. The van der Waals surface area contributed by atoms with Crippen LogP contribution in [-0.4, -0.2) is 16.1 Å². The molecule has 0 unspecified atom stereocenters. The maximum atomic E-state index is 5.89. The molecule has 5 heteroatoms. The van der Waals surface area contributed by atoms with Crippen molar-refractivity contribution in [3.8, 4) is 5.75 Å². The van der Waals surface area contributed by atoms with Crippen molar-refractivity contribution in [2.45, 2.75) is 20.1 Å². The fourth-order valence-electron chi connectivity index (χ4n) is 1.76. The summed E-state index contributed by atoms with van der Waals surface area (Å²) in [5.41, 5.74) is 2.20. The highest BCUT2D eigenvalue weighted by molar-refractivity contribution is 9.10. The van der Waals surface area contributed by atoms with Crippen molar-refractivity contribution < 1.29 is 4.74 Å². The number of aryl methyl sites for hydroxylation is 1. The quantitative estimate of drug-likeness (QED) is 0.888. The summed E-state index contributed by atoms with van der Waals surface area (Å²) in [6.07, 6.45) is 3.60. The number of hydrogen-bond donors (Lipinski definition) is 1. The van der Waals surface area contributed by atoms with Crippen LogP contribution in [0.4, 0.5) is 0 Å². The van der Waals surface area contributed by atoms with Gasteiger partial charge in [-0.25, -0.2) is 4.98 Å². The Labute approximate surface area is 121 Å². The first kappa shape index (κ1) is 14.1. The first-order valence-electron chi connectivity index (χ1n) is 6.28. The maximum Gasteiger partial charge on any atom is 0.130 e.